The van der Waals surface area contributed by atoms with Gasteiger partial charge in [-0.25, -0.2) is 8.78 Å². The molecule has 6 nitrogen and oxygen atoms in total. The molecule has 3 N–H and O–H groups in total. The second-order valence-corrected chi connectivity index (χ2v) is 8.26. The average molecular weight is 360 g/mol. The zero-order valence-corrected chi connectivity index (χ0v) is 15.3. The lowest BCUT2D eigenvalue weighted by Gasteiger charge is -2.32. The molecular formula is C17H30F2N4O2. The summed E-state index contributed by atoms with van der Waals surface area (Å²) in [6.07, 6.45) is 1.34. The second-order valence-electron chi connectivity index (χ2n) is 8.26. The summed E-state index contributed by atoms with van der Waals surface area (Å²) in [5.74, 6) is -2.79. The molecule has 2 rings (SSSR count). The Morgan fingerprint density at radius 1 is 1.24 bits per heavy atom. The van der Waals surface area contributed by atoms with Gasteiger partial charge in [-0.3, -0.25) is 19.8 Å². The highest BCUT2D eigenvalue weighted by Gasteiger charge is 2.42. The first-order chi connectivity index (χ1) is 11.5. The Bertz CT molecular complexity index is 486. The minimum atomic E-state index is -2.79. The Morgan fingerprint density at radius 3 is 2.40 bits per heavy atom. The Balaban J connectivity index is 1.64. The van der Waals surface area contributed by atoms with Gasteiger partial charge >= 0.3 is 0 Å². The van der Waals surface area contributed by atoms with E-state index in [4.69, 9.17) is 0 Å². The van der Waals surface area contributed by atoms with Crippen molar-refractivity contribution in [3.05, 3.63) is 0 Å². The summed E-state index contributed by atoms with van der Waals surface area (Å²) in [7, 11) is 0. The highest BCUT2D eigenvalue weighted by molar-refractivity contribution is 5.82. The molecule has 1 unspecified atom stereocenters. The zero-order chi connectivity index (χ0) is 18.7. The van der Waals surface area contributed by atoms with Crippen LogP contribution in [-0.4, -0.2) is 66.9 Å². The number of hydrogen-bond donors (Lipinski definition) is 3. The highest BCUT2D eigenvalue weighted by atomic mass is 19.3. The Morgan fingerprint density at radius 2 is 1.88 bits per heavy atom. The standard InChI is InChI=1S/C17H30F2N4O2/c1-16(2,3)22-14(24)10-23-6-4-12(5-7-23)9-20-15(25)13-8-17(18,19)11-21-13/h12-13,21H,4-11H2,1-3H3,(H,20,25)(H,22,24). The third-order valence-electron chi connectivity index (χ3n) is 4.58. The van der Waals surface area contributed by atoms with Gasteiger partial charge in [-0.15, -0.1) is 0 Å². The van der Waals surface area contributed by atoms with Crippen LogP contribution in [0.15, 0.2) is 0 Å². The van der Waals surface area contributed by atoms with Gasteiger partial charge in [-0.1, -0.05) is 0 Å². The molecule has 2 fully saturated rings. The maximum absolute atomic E-state index is 13.1. The molecule has 2 aliphatic rings. The van der Waals surface area contributed by atoms with Crippen LogP contribution in [0.1, 0.15) is 40.0 Å². The molecule has 2 heterocycles. The summed E-state index contributed by atoms with van der Waals surface area (Å²) >= 11 is 0. The van der Waals surface area contributed by atoms with E-state index >= 15 is 0 Å². The molecule has 0 aromatic heterocycles. The van der Waals surface area contributed by atoms with Gasteiger partial charge in [-0.05, 0) is 52.6 Å². The summed E-state index contributed by atoms with van der Waals surface area (Å²) in [4.78, 5) is 26.0. The lowest BCUT2D eigenvalue weighted by atomic mass is 9.96. The first-order valence-corrected chi connectivity index (χ1v) is 8.96. The van der Waals surface area contributed by atoms with Gasteiger partial charge in [-0.2, -0.15) is 0 Å². The van der Waals surface area contributed by atoms with Crippen molar-refractivity contribution in [2.45, 2.75) is 57.5 Å². The van der Waals surface area contributed by atoms with E-state index in [1.807, 2.05) is 20.8 Å². The van der Waals surface area contributed by atoms with E-state index in [0.29, 0.717) is 19.0 Å². The van der Waals surface area contributed by atoms with E-state index in [-0.39, 0.29) is 17.4 Å². The number of likely N-dealkylation sites (tertiary alicyclic amines) is 1. The van der Waals surface area contributed by atoms with Crippen LogP contribution >= 0.6 is 0 Å². The minimum Gasteiger partial charge on any atom is -0.354 e. The molecule has 0 aromatic rings. The molecule has 0 aliphatic carbocycles. The van der Waals surface area contributed by atoms with Crippen molar-refractivity contribution in [2.75, 3.05) is 32.7 Å². The first-order valence-electron chi connectivity index (χ1n) is 8.96. The fourth-order valence-corrected chi connectivity index (χ4v) is 3.28. The molecule has 0 radical (unpaired) electrons. The normalized spacial score (nSPS) is 24.9. The fourth-order valence-electron chi connectivity index (χ4n) is 3.28. The molecule has 2 amide bonds. The van der Waals surface area contributed by atoms with Gasteiger partial charge in [0.05, 0.1) is 19.1 Å². The van der Waals surface area contributed by atoms with Crippen LogP contribution in [0, 0.1) is 5.92 Å². The maximum Gasteiger partial charge on any atom is 0.262 e. The molecule has 0 aromatic carbocycles. The summed E-state index contributed by atoms with van der Waals surface area (Å²) < 4.78 is 26.2. The minimum absolute atomic E-state index is 0.0208. The number of carbonyl (C=O) groups excluding carboxylic acids is 2. The Labute approximate surface area is 148 Å². The number of alkyl halides is 2. The number of piperidine rings is 1. The van der Waals surface area contributed by atoms with E-state index in [2.05, 4.69) is 20.9 Å². The van der Waals surface area contributed by atoms with Gasteiger partial charge in [0.2, 0.25) is 11.8 Å². The van der Waals surface area contributed by atoms with E-state index < -0.39 is 24.9 Å². The lowest BCUT2D eigenvalue weighted by molar-refractivity contribution is -0.124. The third-order valence-corrected chi connectivity index (χ3v) is 4.58. The molecule has 1 atom stereocenters. The molecule has 0 saturated carbocycles. The molecule has 8 heteroatoms. The maximum atomic E-state index is 13.1. The molecular weight excluding hydrogens is 330 g/mol. The number of rotatable bonds is 5. The third kappa shape index (κ3) is 6.86. The molecule has 0 spiro atoms. The number of hydrogen-bond acceptors (Lipinski definition) is 4. The molecule has 0 bridgehead atoms. The van der Waals surface area contributed by atoms with Crippen LogP contribution in [0.3, 0.4) is 0 Å². The van der Waals surface area contributed by atoms with Crippen molar-refractivity contribution in [2.24, 2.45) is 5.92 Å². The van der Waals surface area contributed by atoms with Crippen molar-refractivity contribution in [1.29, 1.82) is 0 Å². The average Bonchev–Trinajstić information content (AvgIpc) is 2.84. The first kappa shape index (κ1) is 20.0. The molecule has 144 valence electrons. The molecule has 25 heavy (non-hydrogen) atoms. The van der Waals surface area contributed by atoms with Gasteiger partial charge in [0, 0.05) is 18.5 Å². The van der Waals surface area contributed by atoms with Crippen LogP contribution in [0.4, 0.5) is 8.78 Å². The van der Waals surface area contributed by atoms with E-state index in [1.165, 1.54) is 0 Å². The van der Waals surface area contributed by atoms with Gasteiger partial charge in [0.1, 0.15) is 0 Å². The highest BCUT2D eigenvalue weighted by Crippen LogP contribution is 2.25. The van der Waals surface area contributed by atoms with E-state index in [0.717, 1.165) is 25.9 Å². The molecule has 2 saturated heterocycles. The van der Waals surface area contributed by atoms with Gasteiger partial charge in [0.15, 0.2) is 0 Å². The summed E-state index contributed by atoms with van der Waals surface area (Å²) in [5.41, 5.74) is -0.231. The number of halogens is 2. The predicted octanol–water partition coefficient (Wildman–Crippen LogP) is 0.727. The van der Waals surface area contributed by atoms with Crippen molar-refractivity contribution in [3.63, 3.8) is 0 Å². The number of nitrogens with one attached hydrogen (secondary N) is 3. The van der Waals surface area contributed by atoms with Gasteiger partial charge in [0.25, 0.3) is 5.92 Å². The zero-order valence-electron chi connectivity index (χ0n) is 15.3. The van der Waals surface area contributed by atoms with Crippen LogP contribution in [0.2, 0.25) is 0 Å². The van der Waals surface area contributed by atoms with E-state index in [1.54, 1.807) is 0 Å². The predicted molar refractivity (Wildman–Crippen MR) is 91.4 cm³/mol. The number of amides is 2. The second kappa shape index (κ2) is 7.95. The lowest BCUT2D eigenvalue weighted by Crippen LogP contribution is -2.48. The van der Waals surface area contributed by atoms with Crippen molar-refractivity contribution >= 4 is 11.8 Å². The van der Waals surface area contributed by atoms with Crippen LogP contribution in [-0.2, 0) is 9.59 Å². The fraction of sp³-hybridized carbons (Fsp3) is 0.882. The monoisotopic (exact) mass is 360 g/mol. The van der Waals surface area contributed by atoms with Gasteiger partial charge < -0.3 is 10.6 Å². The van der Waals surface area contributed by atoms with E-state index in [9.17, 15) is 18.4 Å². The SMILES string of the molecule is CC(C)(C)NC(=O)CN1CCC(CNC(=O)C2CC(F)(F)CN2)CC1. The number of nitrogens with zero attached hydrogens (tertiary/aromatic N) is 1. The Hall–Kier alpha value is -1.28. The summed E-state index contributed by atoms with van der Waals surface area (Å²) in [5, 5.41) is 8.30. The Kier molecular flexibility index (Phi) is 6.37. The quantitative estimate of drug-likeness (QED) is 0.676. The van der Waals surface area contributed by atoms with Crippen molar-refractivity contribution in [3.8, 4) is 0 Å². The van der Waals surface area contributed by atoms with Crippen LogP contribution in [0.5, 0.6) is 0 Å². The van der Waals surface area contributed by atoms with Crippen LogP contribution < -0.4 is 16.0 Å². The van der Waals surface area contributed by atoms with Crippen molar-refractivity contribution < 1.29 is 18.4 Å². The summed E-state index contributed by atoms with van der Waals surface area (Å²) in [6.45, 7) is 7.93. The van der Waals surface area contributed by atoms with Crippen LogP contribution in [0.25, 0.3) is 0 Å². The smallest absolute Gasteiger partial charge is 0.262 e. The van der Waals surface area contributed by atoms with Crippen molar-refractivity contribution in [1.82, 2.24) is 20.9 Å². The largest absolute Gasteiger partial charge is 0.354 e. The topological polar surface area (TPSA) is 73.5 Å². The molecule has 2 aliphatic heterocycles. The summed E-state index contributed by atoms with van der Waals surface area (Å²) in [6, 6.07) is -0.795. The number of carbonyl (C=O) groups is 2.